The Morgan fingerprint density at radius 1 is 1.15 bits per heavy atom. The summed E-state index contributed by atoms with van der Waals surface area (Å²) in [6.07, 6.45) is 6.32. The van der Waals surface area contributed by atoms with Crippen molar-refractivity contribution in [3.63, 3.8) is 0 Å². The van der Waals surface area contributed by atoms with Crippen LogP contribution >= 0.6 is 0 Å². The van der Waals surface area contributed by atoms with Crippen molar-refractivity contribution in [3.8, 4) is 0 Å². The Hall–Kier alpha value is -0.610. The maximum absolute atomic E-state index is 11.9. The first-order valence-corrected chi connectivity index (χ1v) is 7.52. The van der Waals surface area contributed by atoms with Gasteiger partial charge in [-0.25, -0.2) is 4.79 Å². The molecule has 0 radical (unpaired) electrons. The Kier molecular flexibility index (Phi) is 4.75. The highest BCUT2D eigenvalue weighted by molar-refractivity contribution is 5.71. The molecule has 4 bridgehead atoms. The van der Waals surface area contributed by atoms with Gasteiger partial charge in [-0.1, -0.05) is 7.43 Å². The zero-order valence-corrected chi connectivity index (χ0v) is 11.6. The van der Waals surface area contributed by atoms with Gasteiger partial charge < -0.3 is 14.6 Å². The molecule has 0 aliphatic heterocycles. The minimum Gasteiger partial charge on any atom is -0.457 e. The third-order valence-electron chi connectivity index (χ3n) is 5.55. The Labute approximate surface area is 121 Å². The second-order valence-corrected chi connectivity index (χ2v) is 6.74. The molecule has 116 valence electrons. The summed E-state index contributed by atoms with van der Waals surface area (Å²) in [5.74, 6) is 2.57. The van der Waals surface area contributed by atoms with Crippen LogP contribution in [0.2, 0.25) is 0 Å². The van der Waals surface area contributed by atoms with Crippen molar-refractivity contribution in [1.29, 1.82) is 0 Å². The molecule has 0 amide bonds. The second kappa shape index (κ2) is 6.02. The zero-order chi connectivity index (χ0) is 13.5. The molecule has 0 aromatic heterocycles. The van der Waals surface area contributed by atoms with E-state index < -0.39 is 0 Å². The standard InChI is InChI=1S/C15H24O4.CH4/c1-15(19-14(17)9-18-3-2-16)12-5-10-4-11(7-12)8-13(15)6-10;/h10-13,16H,2-9H2,1H3;1H4. The highest BCUT2D eigenvalue weighted by atomic mass is 16.6. The van der Waals surface area contributed by atoms with Crippen LogP contribution in [-0.4, -0.2) is 36.5 Å². The molecule has 20 heavy (non-hydrogen) atoms. The fourth-order valence-electron chi connectivity index (χ4n) is 4.78. The number of esters is 1. The summed E-state index contributed by atoms with van der Waals surface area (Å²) in [6.45, 7) is 2.23. The molecule has 4 heteroatoms. The number of rotatable bonds is 5. The summed E-state index contributed by atoms with van der Waals surface area (Å²) in [6, 6.07) is 0. The summed E-state index contributed by atoms with van der Waals surface area (Å²) < 4.78 is 10.9. The smallest absolute Gasteiger partial charge is 0.332 e. The van der Waals surface area contributed by atoms with E-state index in [1.165, 1.54) is 32.1 Å². The molecule has 0 unspecified atom stereocenters. The molecule has 4 nitrogen and oxygen atoms in total. The summed E-state index contributed by atoms with van der Waals surface area (Å²) in [7, 11) is 0. The molecular weight excluding hydrogens is 256 g/mol. The van der Waals surface area contributed by atoms with Gasteiger partial charge >= 0.3 is 5.97 Å². The van der Waals surface area contributed by atoms with Gasteiger partial charge in [0.25, 0.3) is 0 Å². The third-order valence-corrected chi connectivity index (χ3v) is 5.55. The van der Waals surface area contributed by atoms with Crippen molar-refractivity contribution in [2.75, 3.05) is 19.8 Å². The monoisotopic (exact) mass is 284 g/mol. The van der Waals surface area contributed by atoms with E-state index in [2.05, 4.69) is 6.92 Å². The second-order valence-electron chi connectivity index (χ2n) is 6.74. The SMILES string of the molecule is C.CC1(OC(=O)COCCO)C2CC3CC(C2)CC1C3. The summed E-state index contributed by atoms with van der Waals surface area (Å²) in [5.41, 5.74) is -0.271. The summed E-state index contributed by atoms with van der Waals surface area (Å²) >= 11 is 0. The van der Waals surface area contributed by atoms with Crippen LogP contribution in [0.3, 0.4) is 0 Å². The number of hydrogen-bond donors (Lipinski definition) is 1. The molecule has 0 atom stereocenters. The number of carbonyl (C=O) groups is 1. The lowest BCUT2D eigenvalue weighted by atomic mass is 9.50. The molecule has 0 heterocycles. The fraction of sp³-hybridized carbons (Fsp3) is 0.938. The zero-order valence-electron chi connectivity index (χ0n) is 11.6. The van der Waals surface area contributed by atoms with Crippen LogP contribution in [0.5, 0.6) is 0 Å². The van der Waals surface area contributed by atoms with Crippen LogP contribution in [0.1, 0.15) is 46.5 Å². The van der Waals surface area contributed by atoms with E-state index in [1.54, 1.807) is 0 Å². The van der Waals surface area contributed by atoms with E-state index in [0.717, 1.165) is 11.8 Å². The van der Waals surface area contributed by atoms with Crippen molar-refractivity contribution >= 4 is 5.97 Å². The van der Waals surface area contributed by atoms with Crippen LogP contribution < -0.4 is 0 Å². The topological polar surface area (TPSA) is 55.8 Å². The molecule has 0 aromatic rings. The highest BCUT2D eigenvalue weighted by Gasteiger charge is 2.56. The van der Waals surface area contributed by atoms with Crippen LogP contribution in [0, 0.1) is 23.7 Å². The van der Waals surface area contributed by atoms with Gasteiger partial charge in [0.2, 0.25) is 0 Å². The summed E-state index contributed by atoms with van der Waals surface area (Å²) in [5, 5.41) is 8.64. The molecule has 4 rings (SSSR count). The first kappa shape index (κ1) is 15.8. The van der Waals surface area contributed by atoms with E-state index >= 15 is 0 Å². The number of hydrogen-bond acceptors (Lipinski definition) is 4. The molecule has 0 aromatic carbocycles. The molecule has 0 saturated heterocycles. The quantitative estimate of drug-likeness (QED) is 0.622. The van der Waals surface area contributed by atoms with Gasteiger partial charge in [0.05, 0.1) is 13.2 Å². The Morgan fingerprint density at radius 2 is 1.70 bits per heavy atom. The van der Waals surface area contributed by atoms with Crippen molar-refractivity contribution in [2.45, 2.75) is 52.1 Å². The van der Waals surface area contributed by atoms with E-state index in [0.29, 0.717) is 11.8 Å². The fourth-order valence-corrected chi connectivity index (χ4v) is 4.78. The van der Waals surface area contributed by atoms with Gasteiger partial charge in [0.15, 0.2) is 0 Å². The minimum atomic E-state index is -0.275. The third kappa shape index (κ3) is 2.73. The normalized spacial score (nSPS) is 41.3. The molecule has 1 N–H and O–H groups in total. The van der Waals surface area contributed by atoms with Gasteiger partial charge in [-0.15, -0.1) is 0 Å². The number of ether oxygens (including phenoxy) is 2. The number of aliphatic hydroxyl groups excluding tert-OH is 1. The maximum atomic E-state index is 11.9. The lowest BCUT2D eigenvalue weighted by molar-refractivity contribution is -0.206. The van der Waals surface area contributed by atoms with Crippen LogP contribution in [0.4, 0.5) is 0 Å². The molecule has 4 aliphatic carbocycles. The summed E-state index contributed by atoms with van der Waals surface area (Å²) in [4.78, 5) is 11.9. The van der Waals surface area contributed by atoms with E-state index in [-0.39, 0.29) is 38.8 Å². The predicted octanol–water partition coefficient (Wildman–Crippen LogP) is 2.39. The van der Waals surface area contributed by atoms with Gasteiger partial charge in [0, 0.05) is 0 Å². The average Bonchev–Trinajstić information content (AvgIpc) is 2.35. The van der Waals surface area contributed by atoms with Crippen molar-refractivity contribution in [2.24, 2.45) is 23.7 Å². The van der Waals surface area contributed by atoms with Crippen LogP contribution in [-0.2, 0) is 14.3 Å². The van der Waals surface area contributed by atoms with Crippen LogP contribution in [0.15, 0.2) is 0 Å². The van der Waals surface area contributed by atoms with Gasteiger partial charge in [0.1, 0.15) is 12.2 Å². The van der Waals surface area contributed by atoms with E-state index in [1.807, 2.05) is 0 Å². The maximum Gasteiger partial charge on any atom is 0.332 e. The molecule has 4 aliphatic rings. The Balaban J connectivity index is 0.00000147. The Bertz CT molecular complexity index is 324. The predicted molar refractivity (Wildman–Crippen MR) is 76.2 cm³/mol. The molecule has 4 saturated carbocycles. The van der Waals surface area contributed by atoms with Crippen LogP contribution in [0.25, 0.3) is 0 Å². The highest BCUT2D eigenvalue weighted by Crippen LogP contribution is 2.59. The van der Waals surface area contributed by atoms with E-state index in [4.69, 9.17) is 14.6 Å². The Morgan fingerprint density at radius 3 is 2.20 bits per heavy atom. The van der Waals surface area contributed by atoms with E-state index in [9.17, 15) is 4.79 Å². The van der Waals surface area contributed by atoms with Gasteiger partial charge in [-0.3, -0.25) is 0 Å². The largest absolute Gasteiger partial charge is 0.457 e. The molecule has 4 fully saturated rings. The van der Waals surface area contributed by atoms with Gasteiger partial charge in [-0.05, 0) is 62.7 Å². The lowest BCUT2D eigenvalue weighted by Crippen LogP contribution is -2.58. The van der Waals surface area contributed by atoms with Crippen molar-refractivity contribution < 1.29 is 19.4 Å². The average molecular weight is 284 g/mol. The number of aliphatic hydroxyl groups is 1. The van der Waals surface area contributed by atoms with Gasteiger partial charge in [-0.2, -0.15) is 0 Å². The number of carbonyl (C=O) groups excluding carboxylic acids is 1. The van der Waals surface area contributed by atoms with Crippen molar-refractivity contribution in [1.82, 2.24) is 0 Å². The molecular formula is C16H28O4. The minimum absolute atomic E-state index is 0. The first-order chi connectivity index (χ1) is 9.11. The lowest BCUT2D eigenvalue weighted by Gasteiger charge is -2.59. The first-order valence-electron chi connectivity index (χ1n) is 7.52. The van der Waals surface area contributed by atoms with Crippen molar-refractivity contribution in [3.05, 3.63) is 0 Å². The molecule has 0 spiro atoms.